The summed E-state index contributed by atoms with van der Waals surface area (Å²) in [6.07, 6.45) is 0. The Labute approximate surface area is 153 Å². The molecular formula is C20H19ClO3S. The topological polar surface area (TPSA) is 43.4 Å². The molecule has 0 unspecified atom stereocenters. The number of hydrogen-bond acceptors (Lipinski definition) is 3. The Bertz CT molecular complexity index is 1040. The Morgan fingerprint density at radius 2 is 1.64 bits per heavy atom. The minimum absolute atomic E-state index is 0.0832. The van der Waals surface area contributed by atoms with E-state index in [1.165, 1.54) is 0 Å². The van der Waals surface area contributed by atoms with Crippen molar-refractivity contribution in [1.29, 1.82) is 0 Å². The second kappa shape index (κ2) is 6.70. The van der Waals surface area contributed by atoms with Gasteiger partial charge in [-0.15, -0.1) is 0 Å². The van der Waals surface area contributed by atoms with E-state index in [9.17, 15) is 8.42 Å². The summed E-state index contributed by atoms with van der Waals surface area (Å²) in [6.45, 7) is 5.76. The molecule has 130 valence electrons. The van der Waals surface area contributed by atoms with E-state index in [1.807, 2.05) is 45.0 Å². The Kier molecular flexibility index (Phi) is 4.76. The van der Waals surface area contributed by atoms with Crippen LogP contribution in [0.2, 0.25) is 5.02 Å². The van der Waals surface area contributed by atoms with Gasteiger partial charge in [0.2, 0.25) is 0 Å². The molecule has 3 rings (SSSR count). The molecule has 0 aliphatic rings. The van der Waals surface area contributed by atoms with Crippen molar-refractivity contribution in [2.45, 2.75) is 31.6 Å². The molecule has 0 amide bonds. The van der Waals surface area contributed by atoms with E-state index in [4.69, 9.17) is 15.8 Å². The quantitative estimate of drug-likeness (QED) is 0.551. The number of fused-ring (bicyclic) bond motifs is 1. The summed E-state index contributed by atoms with van der Waals surface area (Å²) in [5.41, 5.74) is 1.54. The molecule has 0 saturated heterocycles. The number of benzene rings is 3. The molecule has 0 radical (unpaired) electrons. The molecule has 0 N–H and O–H groups in total. The third-order valence-electron chi connectivity index (χ3n) is 4.12. The SMILES string of the molecule is Cc1cc(OS(=O)(=O)c2ccc3ccccc3c2)c(C(C)C)cc1Cl. The molecule has 25 heavy (non-hydrogen) atoms. The van der Waals surface area contributed by atoms with Gasteiger partial charge in [0, 0.05) is 5.02 Å². The van der Waals surface area contributed by atoms with E-state index in [0.717, 1.165) is 21.9 Å². The standard InChI is InChI=1S/C20H19ClO3S/c1-13(2)18-12-19(21)14(3)10-20(18)24-25(22,23)17-9-8-15-6-4-5-7-16(15)11-17/h4-13H,1-3H3. The van der Waals surface area contributed by atoms with Gasteiger partial charge < -0.3 is 4.18 Å². The molecule has 3 aromatic rings. The van der Waals surface area contributed by atoms with Crippen LogP contribution in [0.25, 0.3) is 10.8 Å². The number of rotatable bonds is 4. The van der Waals surface area contributed by atoms with E-state index in [-0.39, 0.29) is 10.8 Å². The summed E-state index contributed by atoms with van der Waals surface area (Å²) in [5, 5.41) is 2.43. The molecule has 0 fully saturated rings. The van der Waals surface area contributed by atoms with Crippen LogP contribution in [0.5, 0.6) is 5.75 Å². The van der Waals surface area contributed by atoms with Gasteiger partial charge in [0.15, 0.2) is 0 Å². The minimum Gasteiger partial charge on any atom is -0.379 e. The zero-order valence-corrected chi connectivity index (χ0v) is 15.9. The van der Waals surface area contributed by atoms with Crippen molar-refractivity contribution in [3.05, 3.63) is 70.7 Å². The maximum absolute atomic E-state index is 12.8. The van der Waals surface area contributed by atoms with Gasteiger partial charge in [-0.1, -0.05) is 55.8 Å². The highest BCUT2D eigenvalue weighted by molar-refractivity contribution is 7.87. The van der Waals surface area contributed by atoms with Gasteiger partial charge >= 0.3 is 10.1 Å². The fraction of sp³-hybridized carbons (Fsp3) is 0.200. The lowest BCUT2D eigenvalue weighted by Crippen LogP contribution is -2.11. The zero-order valence-electron chi connectivity index (χ0n) is 14.3. The highest BCUT2D eigenvalue weighted by Crippen LogP contribution is 2.34. The lowest BCUT2D eigenvalue weighted by Gasteiger charge is -2.16. The normalized spacial score (nSPS) is 11.9. The van der Waals surface area contributed by atoms with Crippen LogP contribution >= 0.6 is 11.6 Å². The second-order valence-electron chi connectivity index (χ2n) is 6.34. The van der Waals surface area contributed by atoms with Crippen molar-refractivity contribution in [2.24, 2.45) is 0 Å². The van der Waals surface area contributed by atoms with Gasteiger partial charge in [-0.2, -0.15) is 8.42 Å². The third kappa shape index (κ3) is 3.65. The smallest absolute Gasteiger partial charge is 0.339 e. The van der Waals surface area contributed by atoms with Crippen molar-refractivity contribution in [1.82, 2.24) is 0 Å². The Balaban J connectivity index is 2.05. The van der Waals surface area contributed by atoms with E-state index in [1.54, 1.807) is 30.3 Å². The van der Waals surface area contributed by atoms with Gasteiger partial charge in [0.05, 0.1) is 0 Å². The van der Waals surface area contributed by atoms with Crippen LogP contribution < -0.4 is 4.18 Å². The molecule has 0 aromatic heterocycles. The highest BCUT2D eigenvalue weighted by Gasteiger charge is 2.21. The minimum atomic E-state index is -3.93. The summed E-state index contributed by atoms with van der Waals surface area (Å²) in [5.74, 6) is 0.407. The predicted molar refractivity (Wildman–Crippen MR) is 102 cm³/mol. The van der Waals surface area contributed by atoms with E-state index in [0.29, 0.717) is 10.8 Å². The molecule has 0 aliphatic carbocycles. The predicted octanol–water partition coefficient (Wildman–Crippen LogP) is 5.69. The van der Waals surface area contributed by atoms with Crippen LogP contribution in [-0.2, 0) is 10.1 Å². The molecule has 0 aliphatic heterocycles. The van der Waals surface area contributed by atoms with Crippen LogP contribution in [0.15, 0.2) is 59.5 Å². The van der Waals surface area contributed by atoms with Gasteiger partial charge in [-0.3, -0.25) is 0 Å². The summed E-state index contributed by atoms with van der Waals surface area (Å²) in [4.78, 5) is 0.133. The molecule has 0 saturated carbocycles. The Morgan fingerprint density at radius 3 is 2.32 bits per heavy atom. The average Bonchev–Trinajstić information content (AvgIpc) is 2.57. The Hall–Kier alpha value is -2.04. The molecule has 3 nitrogen and oxygen atoms in total. The maximum atomic E-state index is 12.8. The lowest BCUT2D eigenvalue weighted by atomic mass is 10.0. The van der Waals surface area contributed by atoms with Gasteiger partial charge in [0.1, 0.15) is 10.6 Å². The van der Waals surface area contributed by atoms with Crippen molar-refractivity contribution < 1.29 is 12.6 Å². The molecule has 5 heteroatoms. The first-order valence-corrected chi connectivity index (χ1v) is 9.80. The zero-order chi connectivity index (χ0) is 18.2. The largest absolute Gasteiger partial charge is 0.379 e. The summed E-state index contributed by atoms with van der Waals surface area (Å²) in [6, 6.07) is 16.0. The maximum Gasteiger partial charge on any atom is 0.339 e. The molecule has 0 atom stereocenters. The van der Waals surface area contributed by atoms with Crippen molar-refractivity contribution in [2.75, 3.05) is 0 Å². The molecular weight excluding hydrogens is 356 g/mol. The summed E-state index contributed by atoms with van der Waals surface area (Å²) < 4.78 is 31.0. The fourth-order valence-corrected chi connectivity index (χ4v) is 3.84. The van der Waals surface area contributed by atoms with E-state index < -0.39 is 10.1 Å². The van der Waals surface area contributed by atoms with Crippen molar-refractivity contribution in [3.8, 4) is 5.75 Å². The van der Waals surface area contributed by atoms with Crippen molar-refractivity contribution in [3.63, 3.8) is 0 Å². The van der Waals surface area contributed by atoms with E-state index >= 15 is 0 Å². The lowest BCUT2D eigenvalue weighted by molar-refractivity contribution is 0.481. The van der Waals surface area contributed by atoms with Gasteiger partial charge in [-0.05, 0) is 59.0 Å². The molecule has 0 bridgehead atoms. The van der Waals surface area contributed by atoms with Gasteiger partial charge in [-0.25, -0.2) is 0 Å². The van der Waals surface area contributed by atoms with Crippen LogP contribution in [0.3, 0.4) is 0 Å². The third-order valence-corrected chi connectivity index (χ3v) is 5.76. The molecule has 0 heterocycles. The summed E-state index contributed by atoms with van der Waals surface area (Å²) >= 11 is 6.18. The average molecular weight is 375 g/mol. The van der Waals surface area contributed by atoms with Crippen LogP contribution in [0.1, 0.15) is 30.9 Å². The van der Waals surface area contributed by atoms with Crippen molar-refractivity contribution >= 4 is 32.5 Å². The van der Waals surface area contributed by atoms with Gasteiger partial charge in [0.25, 0.3) is 0 Å². The number of aryl methyl sites for hydroxylation is 1. The van der Waals surface area contributed by atoms with E-state index in [2.05, 4.69) is 0 Å². The second-order valence-corrected chi connectivity index (χ2v) is 8.29. The summed E-state index contributed by atoms with van der Waals surface area (Å²) in [7, 11) is -3.93. The van der Waals surface area contributed by atoms with Crippen LogP contribution in [0.4, 0.5) is 0 Å². The monoisotopic (exact) mass is 374 g/mol. The first-order chi connectivity index (χ1) is 11.8. The fourth-order valence-electron chi connectivity index (χ4n) is 2.68. The first-order valence-electron chi connectivity index (χ1n) is 8.01. The van der Waals surface area contributed by atoms with Crippen LogP contribution in [-0.4, -0.2) is 8.42 Å². The van der Waals surface area contributed by atoms with Crippen LogP contribution in [0, 0.1) is 6.92 Å². The number of hydrogen-bond donors (Lipinski definition) is 0. The Morgan fingerprint density at radius 1 is 0.960 bits per heavy atom. The number of halogens is 1. The molecule has 0 spiro atoms. The highest BCUT2D eigenvalue weighted by atomic mass is 35.5. The first kappa shape index (κ1) is 17.8. The molecule has 3 aromatic carbocycles.